The van der Waals surface area contributed by atoms with Gasteiger partial charge in [0.15, 0.2) is 0 Å². The van der Waals surface area contributed by atoms with Crippen LogP contribution in [0.3, 0.4) is 0 Å². The Morgan fingerprint density at radius 2 is 1.57 bits per heavy atom. The third-order valence-electron chi connectivity index (χ3n) is 2.58. The molecule has 0 saturated heterocycles. The summed E-state index contributed by atoms with van der Waals surface area (Å²) in [6.07, 6.45) is 0. The molecule has 2 aromatic rings. The predicted molar refractivity (Wildman–Crippen MR) is 88.3 cm³/mol. The van der Waals surface area contributed by atoms with Crippen molar-refractivity contribution in [3.63, 3.8) is 0 Å². The maximum absolute atomic E-state index is 13.7. The van der Waals surface area contributed by atoms with Crippen LogP contribution < -0.4 is 11.1 Å². The van der Waals surface area contributed by atoms with E-state index in [9.17, 15) is 13.6 Å². The number of carbonyl (C=O) groups is 1. The van der Waals surface area contributed by atoms with Crippen LogP contribution in [0.2, 0.25) is 0 Å². The SMILES string of the molecule is Nc1cc(C(=O)Nc2c(Br)cc(Br)cc2Br)c(F)cc1F. The minimum Gasteiger partial charge on any atom is -0.396 e. The predicted octanol–water partition coefficient (Wildman–Crippen LogP) is 5.09. The van der Waals surface area contributed by atoms with E-state index < -0.39 is 17.5 Å². The first-order chi connectivity index (χ1) is 9.79. The molecule has 8 heteroatoms. The van der Waals surface area contributed by atoms with E-state index in [1.54, 1.807) is 12.1 Å². The van der Waals surface area contributed by atoms with Gasteiger partial charge in [0.05, 0.1) is 16.9 Å². The van der Waals surface area contributed by atoms with Gasteiger partial charge < -0.3 is 11.1 Å². The first-order valence-electron chi connectivity index (χ1n) is 5.50. The third-order valence-corrected chi connectivity index (χ3v) is 4.29. The molecule has 2 rings (SSSR count). The first-order valence-corrected chi connectivity index (χ1v) is 7.88. The molecule has 110 valence electrons. The van der Waals surface area contributed by atoms with Gasteiger partial charge in [0.25, 0.3) is 5.91 Å². The molecule has 0 aliphatic heterocycles. The van der Waals surface area contributed by atoms with E-state index in [0.29, 0.717) is 20.7 Å². The zero-order valence-electron chi connectivity index (χ0n) is 10.2. The normalized spacial score (nSPS) is 10.5. The number of nitrogens with one attached hydrogen (secondary N) is 1. The van der Waals surface area contributed by atoms with Crippen molar-refractivity contribution in [3.05, 3.63) is 54.9 Å². The molecule has 21 heavy (non-hydrogen) atoms. The van der Waals surface area contributed by atoms with Gasteiger partial charge in [0, 0.05) is 19.5 Å². The average molecular weight is 485 g/mol. The molecule has 0 heterocycles. The van der Waals surface area contributed by atoms with Gasteiger partial charge in [-0.05, 0) is 50.1 Å². The Kier molecular flexibility index (Phi) is 5.00. The van der Waals surface area contributed by atoms with E-state index in [1.165, 1.54) is 0 Å². The van der Waals surface area contributed by atoms with Crippen LogP contribution in [0.15, 0.2) is 37.7 Å². The van der Waals surface area contributed by atoms with Gasteiger partial charge in [0.2, 0.25) is 0 Å². The number of benzene rings is 2. The van der Waals surface area contributed by atoms with Crippen molar-refractivity contribution in [1.82, 2.24) is 0 Å². The van der Waals surface area contributed by atoms with Crippen LogP contribution in [0, 0.1) is 11.6 Å². The van der Waals surface area contributed by atoms with E-state index >= 15 is 0 Å². The van der Waals surface area contributed by atoms with Crippen molar-refractivity contribution >= 4 is 65.1 Å². The minimum atomic E-state index is -0.983. The third kappa shape index (κ3) is 3.61. The van der Waals surface area contributed by atoms with Gasteiger partial charge in [-0.2, -0.15) is 0 Å². The zero-order valence-corrected chi connectivity index (χ0v) is 14.9. The Hall–Kier alpha value is -0.990. The molecule has 0 unspecified atom stereocenters. The fourth-order valence-corrected chi connectivity index (χ4v) is 4.04. The highest BCUT2D eigenvalue weighted by Gasteiger charge is 2.17. The van der Waals surface area contributed by atoms with Crippen LogP contribution in [0.1, 0.15) is 10.4 Å². The van der Waals surface area contributed by atoms with Crippen LogP contribution >= 0.6 is 47.8 Å². The highest BCUT2D eigenvalue weighted by molar-refractivity contribution is 9.11. The van der Waals surface area contributed by atoms with Crippen molar-refractivity contribution in [2.45, 2.75) is 0 Å². The molecular weight excluding hydrogens is 478 g/mol. The lowest BCUT2D eigenvalue weighted by Crippen LogP contribution is -2.15. The van der Waals surface area contributed by atoms with E-state index in [-0.39, 0.29) is 11.3 Å². The number of hydrogen-bond donors (Lipinski definition) is 2. The summed E-state index contributed by atoms with van der Waals surface area (Å²) in [5.74, 6) is -2.62. The molecule has 0 saturated carbocycles. The van der Waals surface area contributed by atoms with Crippen molar-refractivity contribution < 1.29 is 13.6 Å². The molecule has 0 aliphatic rings. The molecule has 0 bridgehead atoms. The zero-order chi connectivity index (χ0) is 15.7. The molecule has 2 aromatic carbocycles. The Morgan fingerprint density at radius 1 is 1.00 bits per heavy atom. The summed E-state index contributed by atoms with van der Waals surface area (Å²) in [5.41, 5.74) is 5.14. The van der Waals surface area contributed by atoms with Gasteiger partial charge in [0.1, 0.15) is 11.6 Å². The monoisotopic (exact) mass is 482 g/mol. The van der Waals surface area contributed by atoms with E-state index in [2.05, 4.69) is 53.1 Å². The number of nitrogen functional groups attached to an aromatic ring is 1. The van der Waals surface area contributed by atoms with Crippen LogP contribution in [-0.2, 0) is 0 Å². The molecule has 0 radical (unpaired) electrons. The summed E-state index contributed by atoms with van der Waals surface area (Å²) in [5, 5.41) is 2.54. The van der Waals surface area contributed by atoms with Gasteiger partial charge in [-0.25, -0.2) is 8.78 Å². The van der Waals surface area contributed by atoms with E-state index in [4.69, 9.17) is 5.73 Å². The molecule has 1 amide bonds. The Bertz CT molecular complexity index is 715. The summed E-state index contributed by atoms with van der Waals surface area (Å²) in [6, 6.07) is 4.97. The number of amides is 1. The van der Waals surface area contributed by atoms with Crippen molar-refractivity contribution in [1.29, 1.82) is 0 Å². The maximum Gasteiger partial charge on any atom is 0.258 e. The second-order valence-corrected chi connectivity index (χ2v) is 6.68. The molecule has 3 nitrogen and oxygen atoms in total. The Labute approximate surface area is 144 Å². The summed E-state index contributed by atoms with van der Waals surface area (Å²) < 4.78 is 28.7. The van der Waals surface area contributed by atoms with Gasteiger partial charge in [-0.3, -0.25) is 4.79 Å². The van der Waals surface area contributed by atoms with Crippen molar-refractivity contribution in [3.8, 4) is 0 Å². The number of hydrogen-bond acceptors (Lipinski definition) is 2. The first kappa shape index (κ1) is 16.4. The summed E-state index contributed by atoms with van der Waals surface area (Å²) in [6.45, 7) is 0. The minimum absolute atomic E-state index is 0.296. The topological polar surface area (TPSA) is 55.1 Å². The highest BCUT2D eigenvalue weighted by Crippen LogP contribution is 2.34. The molecule has 0 fully saturated rings. The standard InChI is InChI=1S/C13H7Br3F2N2O/c14-5-1-7(15)12(8(16)2-5)20-13(21)6-3-11(19)10(18)4-9(6)17/h1-4H,19H2,(H,20,21). The van der Waals surface area contributed by atoms with Crippen molar-refractivity contribution in [2.24, 2.45) is 0 Å². The van der Waals surface area contributed by atoms with Crippen LogP contribution in [0.4, 0.5) is 20.2 Å². The maximum atomic E-state index is 13.7. The molecule has 0 aromatic heterocycles. The van der Waals surface area contributed by atoms with E-state index in [0.717, 1.165) is 10.5 Å². The highest BCUT2D eigenvalue weighted by atomic mass is 79.9. The fourth-order valence-electron chi connectivity index (χ4n) is 1.58. The summed E-state index contributed by atoms with van der Waals surface area (Å²) in [4.78, 5) is 12.1. The summed E-state index contributed by atoms with van der Waals surface area (Å²) in [7, 11) is 0. The van der Waals surface area contributed by atoms with Crippen LogP contribution in [0.25, 0.3) is 0 Å². The van der Waals surface area contributed by atoms with Crippen molar-refractivity contribution in [2.75, 3.05) is 11.1 Å². The van der Waals surface area contributed by atoms with Gasteiger partial charge in [-0.15, -0.1) is 0 Å². The Morgan fingerprint density at radius 3 is 2.14 bits per heavy atom. The second-order valence-electron chi connectivity index (χ2n) is 4.05. The number of carbonyl (C=O) groups excluding carboxylic acids is 1. The molecule has 0 aliphatic carbocycles. The lowest BCUT2D eigenvalue weighted by Gasteiger charge is -2.11. The smallest absolute Gasteiger partial charge is 0.258 e. The number of anilines is 2. The van der Waals surface area contributed by atoms with Crippen LogP contribution in [-0.4, -0.2) is 5.91 Å². The van der Waals surface area contributed by atoms with E-state index in [1.807, 2.05) is 0 Å². The van der Waals surface area contributed by atoms with Gasteiger partial charge in [-0.1, -0.05) is 15.9 Å². The lowest BCUT2D eigenvalue weighted by atomic mass is 10.1. The molecule has 0 atom stereocenters. The van der Waals surface area contributed by atoms with Crippen LogP contribution in [0.5, 0.6) is 0 Å². The molecular formula is C13H7Br3F2N2O. The molecule has 0 spiro atoms. The second kappa shape index (κ2) is 6.41. The number of halogens is 5. The number of rotatable bonds is 2. The quantitative estimate of drug-likeness (QED) is 0.584. The molecule has 3 N–H and O–H groups in total. The summed E-state index contributed by atoms with van der Waals surface area (Å²) >= 11 is 9.88. The number of nitrogens with two attached hydrogens (primary N) is 1. The lowest BCUT2D eigenvalue weighted by molar-refractivity contribution is 0.102. The Balaban J connectivity index is 2.37. The fraction of sp³-hybridized carbons (Fsp3) is 0. The average Bonchev–Trinajstić information content (AvgIpc) is 2.37. The largest absolute Gasteiger partial charge is 0.396 e. The van der Waals surface area contributed by atoms with Gasteiger partial charge >= 0.3 is 0 Å².